The van der Waals surface area contributed by atoms with Crippen molar-refractivity contribution in [1.29, 1.82) is 0 Å². The van der Waals surface area contributed by atoms with Crippen molar-refractivity contribution < 1.29 is 9.59 Å². The van der Waals surface area contributed by atoms with E-state index in [1.165, 1.54) is 18.4 Å². The Kier molecular flexibility index (Phi) is 6.00. The number of hydrogen-bond acceptors (Lipinski definition) is 3. The summed E-state index contributed by atoms with van der Waals surface area (Å²) in [6, 6.07) is 8.10. The van der Waals surface area contributed by atoms with Gasteiger partial charge in [0, 0.05) is 31.2 Å². The minimum Gasteiger partial charge on any atom is -0.342 e. The Balaban J connectivity index is 1.32. The summed E-state index contributed by atoms with van der Waals surface area (Å²) in [6.45, 7) is 6.36. The molecule has 5 nitrogen and oxygen atoms in total. The van der Waals surface area contributed by atoms with Crippen LogP contribution in [0.4, 0.5) is 5.69 Å². The Bertz CT molecular complexity index is 704. The minimum atomic E-state index is -0.125. The van der Waals surface area contributed by atoms with E-state index in [-0.39, 0.29) is 17.9 Å². The number of fused-ring (bicyclic) bond motifs is 1. The molecule has 2 saturated heterocycles. The smallest absolute Gasteiger partial charge is 0.244 e. The van der Waals surface area contributed by atoms with Crippen LogP contribution in [0.25, 0.3) is 0 Å². The lowest BCUT2D eigenvalue weighted by Gasteiger charge is -2.37. The Morgan fingerprint density at radius 3 is 2.32 bits per heavy atom. The van der Waals surface area contributed by atoms with Crippen LogP contribution in [-0.2, 0) is 16.0 Å². The maximum Gasteiger partial charge on any atom is 0.244 e. The molecule has 1 unspecified atom stereocenters. The van der Waals surface area contributed by atoms with E-state index in [9.17, 15) is 9.59 Å². The topological polar surface area (TPSA) is 43.9 Å². The zero-order valence-corrected chi connectivity index (χ0v) is 17.1. The first-order valence-electron chi connectivity index (χ1n) is 11.1. The van der Waals surface area contributed by atoms with Crippen molar-refractivity contribution >= 4 is 17.5 Å². The molecular formula is C23H33N3O2. The summed E-state index contributed by atoms with van der Waals surface area (Å²) < 4.78 is 0. The summed E-state index contributed by atoms with van der Waals surface area (Å²) in [5.41, 5.74) is 2.34. The molecule has 0 radical (unpaired) electrons. The standard InChI is InChI=1S/C23H33N3O2/c1-18(22(27)26-17-12-19-8-4-5-9-21(19)26)24-15-10-20(11-16-24)23(28)25-13-6-2-3-7-14-25/h4-5,8-9,18,20H,2-3,6-7,10-17H2,1H3. The van der Waals surface area contributed by atoms with E-state index < -0.39 is 0 Å². The highest BCUT2D eigenvalue weighted by Crippen LogP contribution is 2.29. The zero-order valence-electron chi connectivity index (χ0n) is 17.1. The third-order valence-electron chi connectivity index (χ3n) is 6.85. The number of piperidine rings is 1. The molecule has 5 heteroatoms. The molecule has 0 spiro atoms. The highest BCUT2D eigenvalue weighted by Gasteiger charge is 2.35. The van der Waals surface area contributed by atoms with E-state index in [4.69, 9.17) is 0 Å². The third kappa shape index (κ3) is 3.95. The summed E-state index contributed by atoms with van der Waals surface area (Å²) in [5, 5.41) is 0. The second-order valence-electron chi connectivity index (χ2n) is 8.59. The number of nitrogens with zero attached hydrogens (tertiary/aromatic N) is 3. The molecule has 3 aliphatic heterocycles. The van der Waals surface area contributed by atoms with E-state index in [1.807, 2.05) is 24.0 Å². The van der Waals surface area contributed by atoms with Gasteiger partial charge in [0.05, 0.1) is 6.04 Å². The maximum absolute atomic E-state index is 13.1. The molecule has 0 aliphatic carbocycles. The lowest BCUT2D eigenvalue weighted by atomic mass is 9.94. The van der Waals surface area contributed by atoms with Gasteiger partial charge >= 0.3 is 0 Å². The van der Waals surface area contributed by atoms with Crippen LogP contribution < -0.4 is 4.90 Å². The van der Waals surface area contributed by atoms with Crippen LogP contribution in [0.15, 0.2) is 24.3 Å². The van der Waals surface area contributed by atoms with E-state index in [2.05, 4.69) is 21.9 Å². The second kappa shape index (κ2) is 8.64. The van der Waals surface area contributed by atoms with Crippen molar-refractivity contribution in [3.05, 3.63) is 29.8 Å². The average Bonchev–Trinajstić information content (AvgIpc) is 2.98. The van der Waals surface area contributed by atoms with Crippen LogP contribution in [-0.4, -0.2) is 60.4 Å². The van der Waals surface area contributed by atoms with Crippen LogP contribution in [0.2, 0.25) is 0 Å². The van der Waals surface area contributed by atoms with Gasteiger partial charge in [-0.25, -0.2) is 0 Å². The van der Waals surface area contributed by atoms with Crippen LogP contribution in [0.1, 0.15) is 51.0 Å². The molecule has 4 rings (SSSR count). The molecule has 0 saturated carbocycles. The molecule has 3 aliphatic rings. The maximum atomic E-state index is 13.1. The monoisotopic (exact) mass is 383 g/mol. The number of carbonyl (C=O) groups is 2. The number of likely N-dealkylation sites (tertiary alicyclic amines) is 2. The molecule has 1 aromatic rings. The Hall–Kier alpha value is -1.88. The molecule has 0 aromatic heterocycles. The van der Waals surface area contributed by atoms with Gasteiger partial charge in [0.15, 0.2) is 0 Å². The SMILES string of the molecule is CC(C(=O)N1CCc2ccccc21)N1CCC(C(=O)N2CCCCCC2)CC1. The predicted octanol–water partition coefficient (Wildman–Crippen LogP) is 3.08. The lowest BCUT2D eigenvalue weighted by Crippen LogP contribution is -2.51. The van der Waals surface area contributed by atoms with Crippen LogP contribution in [0.5, 0.6) is 0 Å². The summed E-state index contributed by atoms with van der Waals surface area (Å²) in [4.78, 5) is 32.3. The Morgan fingerprint density at radius 1 is 0.929 bits per heavy atom. The molecule has 2 amide bonds. The van der Waals surface area contributed by atoms with Gasteiger partial charge in [-0.3, -0.25) is 14.5 Å². The number of amides is 2. The second-order valence-corrected chi connectivity index (χ2v) is 8.59. The van der Waals surface area contributed by atoms with Crippen molar-refractivity contribution in [2.45, 2.75) is 57.9 Å². The molecule has 2 fully saturated rings. The summed E-state index contributed by atoms with van der Waals surface area (Å²) in [7, 11) is 0. The fraction of sp³-hybridized carbons (Fsp3) is 0.652. The molecule has 0 bridgehead atoms. The molecule has 1 aromatic carbocycles. The average molecular weight is 384 g/mol. The van der Waals surface area contributed by atoms with Crippen molar-refractivity contribution in [3.8, 4) is 0 Å². The highest BCUT2D eigenvalue weighted by atomic mass is 16.2. The number of hydrogen-bond donors (Lipinski definition) is 0. The van der Waals surface area contributed by atoms with Crippen LogP contribution in [0.3, 0.4) is 0 Å². The molecule has 0 N–H and O–H groups in total. The fourth-order valence-corrected chi connectivity index (χ4v) is 5.03. The normalized spacial score (nSPS) is 22.6. The van der Waals surface area contributed by atoms with E-state index in [0.717, 1.165) is 70.5 Å². The molecule has 152 valence electrons. The van der Waals surface area contributed by atoms with Gasteiger partial charge in [0.25, 0.3) is 0 Å². The van der Waals surface area contributed by atoms with Gasteiger partial charge in [0.1, 0.15) is 0 Å². The Labute approximate surface area is 168 Å². The molecule has 28 heavy (non-hydrogen) atoms. The number of benzene rings is 1. The van der Waals surface area contributed by atoms with Gasteiger partial charge in [0.2, 0.25) is 11.8 Å². The first-order chi connectivity index (χ1) is 13.6. The first-order valence-corrected chi connectivity index (χ1v) is 11.1. The van der Waals surface area contributed by atoms with Crippen molar-refractivity contribution in [3.63, 3.8) is 0 Å². The summed E-state index contributed by atoms with van der Waals surface area (Å²) >= 11 is 0. The fourth-order valence-electron chi connectivity index (χ4n) is 5.03. The van der Waals surface area contributed by atoms with Gasteiger partial charge in [-0.05, 0) is 63.7 Å². The predicted molar refractivity (Wildman–Crippen MR) is 111 cm³/mol. The molecular weight excluding hydrogens is 350 g/mol. The van der Waals surface area contributed by atoms with Crippen LogP contribution in [0, 0.1) is 5.92 Å². The minimum absolute atomic E-state index is 0.125. The Morgan fingerprint density at radius 2 is 1.61 bits per heavy atom. The van der Waals surface area contributed by atoms with Crippen LogP contribution >= 0.6 is 0 Å². The van der Waals surface area contributed by atoms with Gasteiger partial charge in [-0.1, -0.05) is 31.0 Å². The third-order valence-corrected chi connectivity index (χ3v) is 6.85. The quantitative estimate of drug-likeness (QED) is 0.806. The number of anilines is 1. The van der Waals surface area contributed by atoms with Crippen molar-refractivity contribution in [2.24, 2.45) is 5.92 Å². The number of carbonyl (C=O) groups excluding carboxylic acids is 2. The zero-order chi connectivity index (χ0) is 19.5. The van der Waals surface area contributed by atoms with Gasteiger partial charge in [-0.2, -0.15) is 0 Å². The van der Waals surface area contributed by atoms with Gasteiger partial charge in [-0.15, -0.1) is 0 Å². The largest absolute Gasteiger partial charge is 0.342 e. The van der Waals surface area contributed by atoms with Crippen molar-refractivity contribution in [1.82, 2.24) is 9.80 Å². The highest BCUT2D eigenvalue weighted by molar-refractivity contribution is 5.98. The van der Waals surface area contributed by atoms with E-state index >= 15 is 0 Å². The number of para-hydroxylation sites is 1. The molecule has 1 atom stereocenters. The van der Waals surface area contributed by atoms with Crippen molar-refractivity contribution in [2.75, 3.05) is 37.6 Å². The first kappa shape index (κ1) is 19.4. The molecule has 3 heterocycles. The summed E-state index contributed by atoms with van der Waals surface area (Å²) in [6.07, 6.45) is 7.50. The lowest BCUT2D eigenvalue weighted by molar-refractivity contribution is -0.137. The summed E-state index contributed by atoms with van der Waals surface area (Å²) in [5.74, 6) is 0.695. The van der Waals surface area contributed by atoms with E-state index in [0.29, 0.717) is 5.91 Å². The van der Waals surface area contributed by atoms with Gasteiger partial charge < -0.3 is 9.80 Å². The van der Waals surface area contributed by atoms with E-state index in [1.54, 1.807) is 0 Å². The number of rotatable bonds is 3.